The number of hydrogen-bond donors (Lipinski definition) is 1. The van der Waals surface area contributed by atoms with Crippen LogP contribution in [0.1, 0.15) is 27.0 Å². The smallest absolute Gasteiger partial charge is 0.258 e. The standard InChI is InChI=1S/C23H29N3O3/c1-17-4-9-21(18(2)14-17)29-16-22(27)24-15-19-5-7-20(8-6-19)23(28)26-12-10-25(3)11-13-26/h4-9,14H,10-13,15-16H2,1-3H3,(H,24,27). The van der Waals surface area contributed by atoms with Crippen LogP contribution in [0.3, 0.4) is 0 Å². The van der Waals surface area contributed by atoms with Gasteiger partial charge in [0.15, 0.2) is 6.61 Å². The molecule has 1 heterocycles. The van der Waals surface area contributed by atoms with Crippen LogP contribution < -0.4 is 10.1 Å². The van der Waals surface area contributed by atoms with E-state index in [4.69, 9.17) is 4.74 Å². The SMILES string of the molecule is Cc1ccc(OCC(=O)NCc2ccc(C(=O)N3CCN(C)CC3)cc2)c(C)c1. The largest absolute Gasteiger partial charge is 0.484 e. The molecule has 0 saturated carbocycles. The molecule has 0 aromatic heterocycles. The van der Waals surface area contributed by atoms with Crippen molar-refractivity contribution in [1.82, 2.24) is 15.1 Å². The lowest BCUT2D eigenvalue weighted by molar-refractivity contribution is -0.123. The molecule has 3 rings (SSSR count). The first-order valence-corrected chi connectivity index (χ1v) is 9.96. The molecule has 1 aliphatic rings. The average molecular weight is 396 g/mol. The van der Waals surface area contributed by atoms with Gasteiger partial charge in [0, 0.05) is 38.3 Å². The van der Waals surface area contributed by atoms with Crippen LogP contribution in [-0.4, -0.2) is 61.4 Å². The van der Waals surface area contributed by atoms with Crippen molar-refractivity contribution < 1.29 is 14.3 Å². The molecule has 6 nitrogen and oxygen atoms in total. The van der Waals surface area contributed by atoms with Gasteiger partial charge in [-0.25, -0.2) is 0 Å². The number of likely N-dealkylation sites (N-methyl/N-ethyl adjacent to an activating group) is 1. The zero-order chi connectivity index (χ0) is 20.8. The molecular weight excluding hydrogens is 366 g/mol. The van der Waals surface area contributed by atoms with Crippen molar-refractivity contribution in [2.45, 2.75) is 20.4 Å². The van der Waals surface area contributed by atoms with Crippen molar-refractivity contribution in [2.75, 3.05) is 39.8 Å². The molecule has 0 unspecified atom stereocenters. The van der Waals surface area contributed by atoms with Gasteiger partial charge in [0.2, 0.25) is 0 Å². The molecule has 2 aromatic rings. The number of piperazine rings is 1. The zero-order valence-electron chi connectivity index (χ0n) is 17.4. The Morgan fingerprint density at radius 3 is 2.34 bits per heavy atom. The highest BCUT2D eigenvalue weighted by Crippen LogP contribution is 2.18. The first-order chi connectivity index (χ1) is 13.9. The van der Waals surface area contributed by atoms with Crippen molar-refractivity contribution in [3.05, 3.63) is 64.7 Å². The van der Waals surface area contributed by atoms with Crippen molar-refractivity contribution in [3.8, 4) is 5.75 Å². The number of amides is 2. The van der Waals surface area contributed by atoms with Gasteiger partial charge in [-0.05, 0) is 50.2 Å². The average Bonchev–Trinajstić information content (AvgIpc) is 2.72. The molecule has 1 N–H and O–H groups in total. The quantitative estimate of drug-likeness (QED) is 0.816. The normalized spacial score (nSPS) is 14.5. The van der Waals surface area contributed by atoms with Gasteiger partial charge in [-0.3, -0.25) is 9.59 Å². The Labute approximate surface area is 172 Å². The van der Waals surface area contributed by atoms with E-state index in [1.807, 2.05) is 61.2 Å². The molecule has 1 fully saturated rings. The minimum absolute atomic E-state index is 0.0239. The highest BCUT2D eigenvalue weighted by molar-refractivity contribution is 5.94. The molecule has 154 valence electrons. The molecule has 0 bridgehead atoms. The second-order valence-electron chi connectivity index (χ2n) is 7.63. The van der Waals surface area contributed by atoms with Gasteiger partial charge in [0.1, 0.15) is 5.75 Å². The fourth-order valence-electron chi connectivity index (χ4n) is 3.31. The second-order valence-corrected chi connectivity index (χ2v) is 7.63. The molecule has 0 atom stereocenters. The summed E-state index contributed by atoms with van der Waals surface area (Å²) < 4.78 is 5.60. The molecule has 2 amide bonds. The van der Waals surface area contributed by atoms with Gasteiger partial charge in [-0.1, -0.05) is 29.8 Å². The molecule has 1 aliphatic heterocycles. The number of benzene rings is 2. The third kappa shape index (κ3) is 5.81. The molecule has 0 spiro atoms. The number of carbonyl (C=O) groups is 2. The van der Waals surface area contributed by atoms with Crippen LogP contribution >= 0.6 is 0 Å². The van der Waals surface area contributed by atoms with Crippen LogP contribution in [0.4, 0.5) is 0 Å². The van der Waals surface area contributed by atoms with E-state index in [9.17, 15) is 9.59 Å². The summed E-state index contributed by atoms with van der Waals surface area (Å²) in [7, 11) is 2.07. The predicted octanol–water partition coefficient (Wildman–Crippen LogP) is 2.39. The Morgan fingerprint density at radius 2 is 1.69 bits per heavy atom. The van der Waals surface area contributed by atoms with Crippen LogP contribution in [0, 0.1) is 13.8 Å². The third-order valence-corrected chi connectivity index (χ3v) is 5.17. The molecular formula is C23H29N3O3. The lowest BCUT2D eigenvalue weighted by Crippen LogP contribution is -2.47. The van der Waals surface area contributed by atoms with Gasteiger partial charge < -0.3 is 19.9 Å². The summed E-state index contributed by atoms with van der Waals surface area (Å²) in [5.74, 6) is 0.607. The van der Waals surface area contributed by atoms with Crippen LogP contribution in [-0.2, 0) is 11.3 Å². The van der Waals surface area contributed by atoms with E-state index in [-0.39, 0.29) is 18.4 Å². The Balaban J connectivity index is 1.46. The monoisotopic (exact) mass is 395 g/mol. The van der Waals surface area contributed by atoms with Crippen LogP contribution in [0.5, 0.6) is 5.75 Å². The predicted molar refractivity (Wildman–Crippen MR) is 113 cm³/mol. The number of ether oxygens (including phenoxy) is 1. The van der Waals surface area contributed by atoms with E-state index in [1.54, 1.807) is 0 Å². The van der Waals surface area contributed by atoms with Crippen molar-refractivity contribution in [1.29, 1.82) is 0 Å². The molecule has 29 heavy (non-hydrogen) atoms. The topological polar surface area (TPSA) is 61.9 Å². The van der Waals surface area contributed by atoms with Crippen LogP contribution in [0.25, 0.3) is 0 Å². The molecule has 0 radical (unpaired) electrons. The third-order valence-electron chi connectivity index (χ3n) is 5.17. The highest BCUT2D eigenvalue weighted by Gasteiger charge is 2.20. The van der Waals surface area contributed by atoms with Gasteiger partial charge in [-0.2, -0.15) is 0 Å². The van der Waals surface area contributed by atoms with E-state index in [0.717, 1.165) is 48.6 Å². The summed E-state index contributed by atoms with van der Waals surface area (Å²) in [5, 5.41) is 2.85. The number of carbonyl (C=O) groups excluding carboxylic acids is 2. The summed E-state index contributed by atoms with van der Waals surface area (Å²) in [6.07, 6.45) is 0. The fraction of sp³-hybridized carbons (Fsp3) is 0.391. The maximum atomic E-state index is 12.6. The first-order valence-electron chi connectivity index (χ1n) is 9.96. The first kappa shape index (κ1) is 20.9. The van der Waals surface area contributed by atoms with Crippen molar-refractivity contribution >= 4 is 11.8 Å². The number of hydrogen-bond acceptors (Lipinski definition) is 4. The Kier molecular flexibility index (Phi) is 6.88. The van der Waals surface area contributed by atoms with E-state index in [0.29, 0.717) is 12.1 Å². The zero-order valence-corrected chi connectivity index (χ0v) is 17.4. The Hall–Kier alpha value is -2.86. The van der Waals surface area contributed by atoms with Crippen LogP contribution in [0.15, 0.2) is 42.5 Å². The van der Waals surface area contributed by atoms with Gasteiger partial charge in [-0.15, -0.1) is 0 Å². The van der Waals surface area contributed by atoms with E-state index >= 15 is 0 Å². The van der Waals surface area contributed by atoms with Crippen LogP contribution in [0.2, 0.25) is 0 Å². The molecule has 6 heteroatoms. The molecule has 0 aliphatic carbocycles. The number of nitrogens with one attached hydrogen (secondary N) is 1. The lowest BCUT2D eigenvalue weighted by atomic mass is 10.1. The maximum absolute atomic E-state index is 12.6. The minimum Gasteiger partial charge on any atom is -0.484 e. The number of aryl methyl sites for hydroxylation is 2. The fourth-order valence-corrected chi connectivity index (χ4v) is 3.31. The summed E-state index contributed by atoms with van der Waals surface area (Å²) in [6.45, 7) is 7.68. The van der Waals surface area contributed by atoms with Gasteiger partial charge in [0.05, 0.1) is 0 Å². The maximum Gasteiger partial charge on any atom is 0.258 e. The highest BCUT2D eigenvalue weighted by atomic mass is 16.5. The molecule has 1 saturated heterocycles. The van der Waals surface area contributed by atoms with E-state index in [2.05, 4.69) is 17.3 Å². The van der Waals surface area contributed by atoms with Gasteiger partial charge >= 0.3 is 0 Å². The summed E-state index contributed by atoms with van der Waals surface area (Å²) in [5.41, 5.74) is 3.80. The van der Waals surface area contributed by atoms with E-state index < -0.39 is 0 Å². The number of rotatable bonds is 6. The van der Waals surface area contributed by atoms with E-state index in [1.165, 1.54) is 0 Å². The minimum atomic E-state index is -0.178. The summed E-state index contributed by atoms with van der Waals surface area (Å²) in [4.78, 5) is 28.8. The van der Waals surface area contributed by atoms with Crippen molar-refractivity contribution in [3.63, 3.8) is 0 Å². The number of nitrogens with zero attached hydrogens (tertiary/aromatic N) is 2. The Morgan fingerprint density at radius 1 is 1.00 bits per heavy atom. The lowest BCUT2D eigenvalue weighted by Gasteiger charge is -2.32. The summed E-state index contributed by atoms with van der Waals surface area (Å²) in [6, 6.07) is 13.3. The Bertz CT molecular complexity index is 856. The molecule has 2 aromatic carbocycles. The van der Waals surface area contributed by atoms with Crippen molar-refractivity contribution in [2.24, 2.45) is 0 Å². The second kappa shape index (κ2) is 9.56. The summed E-state index contributed by atoms with van der Waals surface area (Å²) >= 11 is 0. The van der Waals surface area contributed by atoms with Gasteiger partial charge in [0.25, 0.3) is 11.8 Å².